The first kappa shape index (κ1) is 14.5. The number of rotatable bonds is 3. The van der Waals surface area contributed by atoms with E-state index in [1.807, 2.05) is 20.8 Å². The molecule has 1 aliphatic heterocycles. The standard InChI is InChI=1S/C14H19N3O3/c1-7(2)14(4)13(20)16-11(17-14)10-9(12(18)19)5-8(3)6-15-10/h5-7,11,17H,1-4H3,(H,16,20)(H,18,19). The molecule has 0 radical (unpaired) electrons. The van der Waals surface area contributed by atoms with E-state index in [0.29, 0.717) is 5.69 Å². The number of nitrogens with zero attached hydrogens (tertiary/aromatic N) is 1. The predicted octanol–water partition coefficient (Wildman–Crippen LogP) is 1.22. The lowest BCUT2D eigenvalue weighted by Gasteiger charge is -2.26. The molecular weight excluding hydrogens is 258 g/mol. The molecule has 1 amide bonds. The molecule has 0 bridgehead atoms. The quantitative estimate of drug-likeness (QED) is 0.772. The second-order valence-corrected chi connectivity index (χ2v) is 5.66. The Hall–Kier alpha value is -1.95. The molecule has 2 unspecified atom stereocenters. The molecule has 0 aromatic carbocycles. The summed E-state index contributed by atoms with van der Waals surface area (Å²) in [4.78, 5) is 27.6. The lowest BCUT2D eigenvalue weighted by Crippen LogP contribution is -2.48. The van der Waals surface area contributed by atoms with Gasteiger partial charge < -0.3 is 10.4 Å². The van der Waals surface area contributed by atoms with Gasteiger partial charge in [-0.3, -0.25) is 15.1 Å². The van der Waals surface area contributed by atoms with Crippen molar-refractivity contribution in [2.75, 3.05) is 0 Å². The van der Waals surface area contributed by atoms with Crippen LogP contribution in [0.2, 0.25) is 0 Å². The van der Waals surface area contributed by atoms with Crippen molar-refractivity contribution in [2.45, 2.75) is 39.4 Å². The molecule has 2 heterocycles. The van der Waals surface area contributed by atoms with Crippen molar-refractivity contribution in [1.29, 1.82) is 0 Å². The topological polar surface area (TPSA) is 91.3 Å². The highest BCUT2D eigenvalue weighted by molar-refractivity contribution is 5.91. The maximum absolute atomic E-state index is 12.1. The maximum atomic E-state index is 12.1. The molecule has 1 aromatic rings. The summed E-state index contributed by atoms with van der Waals surface area (Å²) < 4.78 is 0. The Bertz CT molecular complexity index is 571. The lowest BCUT2D eigenvalue weighted by molar-refractivity contribution is -0.125. The summed E-state index contributed by atoms with van der Waals surface area (Å²) in [6.45, 7) is 7.47. The van der Waals surface area contributed by atoms with Crippen molar-refractivity contribution in [3.8, 4) is 0 Å². The number of aromatic nitrogens is 1. The summed E-state index contributed by atoms with van der Waals surface area (Å²) in [5, 5.41) is 15.2. The second kappa shape index (κ2) is 4.86. The summed E-state index contributed by atoms with van der Waals surface area (Å²) in [6.07, 6.45) is 1.02. The average Bonchev–Trinajstić information content (AvgIpc) is 2.66. The van der Waals surface area contributed by atoms with Gasteiger partial charge in [-0.1, -0.05) is 13.8 Å². The molecule has 20 heavy (non-hydrogen) atoms. The zero-order chi connectivity index (χ0) is 15.1. The molecule has 3 N–H and O–H groups in total. The number of pyridine rings is 1. The van der Waals surface area contributed by atoms with E-state index in [9.17, 15) is 14.7 Å². The second-order valence-electron chi connectivity index (χ2n) is 5.66. The van der Waals surface area contributed by atoms with Crippen LogP contribution in [-0.2, 0) is 4.79 Å². The van der Waals surface area contributed by atoms with Crippen LogP contribution in [-0.4, -0.2) is 27.5 Å². The third-order valence-corrected chi connectivity index (χ3v) is 3.91. The highest BCUT2D eigenvalue weighted by Gasteiger charge is 2.46. The van der Waals surface area contributed by atoms with Gasteiger partial charge in [0.05, 0.1) is 16.8 Å². The summed E-state index contributed by atoms with van der Waals surface area (Å²) >= 11 is 0. The first-order chi connectivity index (χ1) is 9.25. The van der Waals surface area contributed by atoms with Crippen molar-refractivity contribution in [2.24, 2.45) is 5.92 Å². The third kappa shape index (κ3) is 2.27. The van der Waals surface area contributed by atoms with E-state index >= 15 is 0 Å². The Kier molecular flexibility index (Phi) is 3.52. The van der Waals surface area contributed by atoms with Gasteiger partial charge in [-0.15, -0.1) is 0 Å². The van der Waals surface area contributed by atoms with Crippen LogP contribution >= 0.6 is 0 Å². The van der Waals surface area contributed by atoms with Crippen LogP contribution in [0.5, 0.6) is 0 Å². The van der Waals surface area contributed by atoms with Gasteiger partial charge in [-0.25, -0.2) is 4.79 Å². The van der Waals surface area contributed by atoms with Gasteiger partial charge in [0, 0.05) is 6.20 Å². The first-order valence-corrected chi connectivity index (χ1v) is 6.54. The van der Waals surface area contributed by atoms with E-state index in [4.69, 9.17) is 0 Å². The minimum atomic E-state index is -1.05. The molecule has 1 aliphatic rings. The van der Waals surface area contributed by atoms with Crippen LogP contribution in [0.15, 0.2) is 12.3 Å². The van der Waals surface area contributed by atoms with Gasteiger partial charge >= 0.3 is 5.97 Å². The number of carbonyl (C=O) groups excluding carboxylic acids is 1. The van der Waals surface area contributed by atoms with Crippen molar-refractivity contribution >= 4 is 11.9 Å². The number of aromatic carboxylic acids is 1. The fourth-order valence-corrected chi connectivity index (χ4v) is 2.23. The van der Waals surface area contributed by atoms with Gasteiger partial charge in [0.15, 0.2) is 0 Å². The van der Waals surface area contributed by atoms with Gasteiger partial charge in [0.2, 0.25) is 5.91 Å². The van der Waals surface area contributed by atoms with E-state index < -0.39 is 17.7 Å². The average molecular weight is 277 g/mol. The SMILES string of the molecule is Cc1cnc(C2NC(=O)C(C)(C(C)C)N2)c(C(=O)O)c1. The Morgan fingerprint density at radius 1 is 1.50 bits per heavy atom. The molecule has 108 valence electrons. The van der Waals surface area contributed by atoms with Crippen molar-refractivity contribution < 1.29 is 14.7 Å². The minimum Gasteiger partial charge on any atom is -0.478 e. The number of aryl methyl sites for hydroxylation is 1. The monoisotopic (exact) mass is 277 g/mol. The molecule has 1 fully saturated rings. The van der Waals surface area contributed by atoms with E-state index in [1.165, 1.54) is 0 Å². The normalized spacial score (nSPS) is 25.9. The molecule has 6 heteroatoms. The van der Waals surface area contributed by atoms with Crippen molar-refractivity contribution in [1.82, 2.24) is 15.6 Å². The van der Waals surface area contributed by atoms with Crippen LogP contribution in [0.25, 0.3) is 0 Å². The zero-order valence-electron chi connectivity index (χ0n) is 12.0. The Labute approximate surface area is 117 Å². The van der Waals surface area contributed by atoms with Gasteiger partial charge in [-0.2, -0.15) is 0 Å². The van der Waals surface area contributed by atoms with Crippen molar-refractivity contribution in [3.63, 3.8) is 0 Å². The number of hydrogen-bond acceptors (Lipinski definition) is 4. The van der Waals surface area contributed by atoms with Crippen LogP contribution in [0.4, 0.5) is 0 Å². The Morgan fingerprint density at radius 2 is 2.15 bits per heavy atom. The third-order valence-electron chi connectivity index (χ3n) is 3.91. The van der Waals surface area contributed by atoms with Gasteiger partial charge in [-0.05, 0) is 31.4 Å². The van der Waals surface area contributed by atoms with E-state index in [1.54, 1.807) is 19.2 Å². The molecular formula is C14H19N3O3. The Morgan fingerprint density at radius 3 is 2.65 bits per heavy atom. The predicted molar refractivity (Wildman–Crippen MR) is 73.2 cm³/mol. The summed E-state index contributed by atoms with van der Waals surface area (Å²) in [5.74, 6) is -1.12. The number of carbonyl (C=O) groups is 2. The van der Waals surface area contributed by atoms with E-state index in [-0.39, 0.29) is 17.4 Å². The number of amides is 1. The largest absolute Gasteiger partial charge is 0.478 e. The number of carboxylic acids is 1. The first-order valence-electron chi connectivity index (χ1n) is 6.54. The van der Waals surface area contributed by atoms with Gasteiger partial charge in [0.25, 0.3) is 0 Å². The highest BCUT2D eigenvalue weighted by Crippen LogP contribution is 2.28. The molecule has 1 aromatic heterocycles. The molecule has 2 rings (SSSR count). The summed E-state index contributed by atoms with van der Waals surface area (Å²) in [7, 11) is 0. The number of nitrogens with one attached hydrogen (secondary N) is 2. The summed E-state index contributed by atoms with van der Waals surface area (Å²) in [5.41, 5.74) is 0.478. The van der Waals surface area contributed by atoms with E-state index in [2.05, 4.69) is 15.6 Å². The molecule has 2 atom stereocenters. The molecule has 0 spiro atoms. The summed E-state index contributed by atoms with van der Waals surface area (Å²) in [6, 6.07) is 1.56. The lowest BCUT2D eigenvalue weighted by atomic mass is 9.89. The smallest absolute Gasteiger partial charge is 0.337 e. The highest BCUT2D eigenvalue weighted by atomic mass is 16.4. The fraction of sp³-hybridized carbons (Fsp3) is 0.500. The molecule has 6 nitrogen and oxygen atoms in total. The number of carboxylic acid groups (broad SMARTS) is 1. The number of hydrogen-bond donors (Lipinski definition) is 3. The molecule has 1 saturated heterocycles. The van der Waals surface area contributed by atoms with Crippen molar-refractivity contribution in [3.05, 3.63) is 29.1 Å². The van der Waals surface area contributed by atoms with Gasteiger partial charge in [0.1, 0.15) is 6.17 Å². The molecule has 0 saturated carbocycles. The minimum absolute atomic E-state index is 0.0752. The fourth-order valence-electron chi connectivity index (χ4n) is 2.23. The van der Waals surface area contributed by atoms with E-state index in [0.717, 1.165) is 5.56 Å². The van der Waals surface area contributed by atoms with Crippen LogP contribution < -0.4 is 10.6 Å². The maximum Gasteiger partial charge on any atom is 0.337 e. The molecule has 0 aliphatic carbocycles. The zero-order valence-corrected chi connectivity index (χ0v) is 12.0. The van der Waals surface area contributed by atoms with Crippen LogP contribution in [0.1, 0.15) is 48.6 Å². The van der Waals surface area contributed by atoms with Crippen LogP contribution in [0.3, 0.4) is 0 Å². The van der Waals surface area contributed by atoms with Crippen LogP contribution in [0, 0.1) is 12.8 Å². The Balaban J connectivity index is 2.40.